The highest BCUT2D eigenvalue weighted by molar-refractivity contribution is 5.92. The summed E-state index contributed by atoms with van der Waals surface area (Å²) in [6.07, 6.45) is 4.70. The first-order chi connectivity index (χ1) is 18.8. The van der Waals surface area contributed by atoms with Gasteiger partial charge < -0.3 is 30.1 Å². The van der Waals surface area contributed by atoms with Crippen molar-refractivity contribution in [3.8, 4) is 18.1 Å². The zero-order valence-electron chi connectivity index (χ0n) is 23.5. The van der Waals surface area contributed by atoms with Gasteiger partial charge in [-0.1, -0.05) is 30.2 Å². The number of phenols is 1. The maximum Gasteiger partial charge on any atom is 0.408 e. The molecule has 0 radical (unpaired) electrons. The van der Waals surface area contributed by atoms with Gasteiger partial charge in [-0.2, -0.15) is 0 Å². The smallest absolute Gasteiger partial charge is 0.408 e. The monoisotopic (exact) mass is 551 g/mol. The van der Waals surface area contributed by atoms with Gasteiger partial charge in [0.25, 0.3) is 0 Å². The molecule has 10 heteroatoms. The average molecular weight is 552 g/mol. The quantitative estimate of drug-likeness (QED) is 0.289. The Morgan fingerprint density at radius 1 is 1.05 bits per heavy atom. The van der Waals surface area contributed by atoms with E-state index in [0.29, 0.717) is 16.7 Å². The van der Waals surface area contributed by atoms with E-state index in [2.05, 4.69) is 16.6 Å². The number of nitrogens with one attached hydrogen (secondary N) is 2. The number of likely N-dealkylation sites (N-methyl/N-ethyl adjacent to an activating group) is 1. The van der Waals surface area contributed by atoms with Crippen molar-refractivity contribution in [1.82, 2.24) is 15.5 Å². The molecule has 3 amide bonds. The van der Waals surface area contributed by atoms with E-state index in [9.17, 15) is 24.3 Å². The molecule has 0 spiro atoms. The molecule has 0 aliphatic rings. The molecule has 0 saturated heterocycles. The standard InChI is InChI=1S/C30H37N3O7/c1-7-20-9-13-22(14-10-20)26(27(36)31-18-17-25(35)39-8-2)33(6)28(37)24(32-29(38)40-30(3,4)5)19-21-11-15-23(34)16-12-21/h1,9-16,24,26,34H,8,17-19H2,2-6H3,(H,31,36)(H,32,38). The lowest BCUT2D eigenvalue weighted by Crippen LogP contribution is -2.52. The number of amides is 3. The number of hydrogen-bond acceptors (Lipinski definition) is 7. The number of benzene rings is 2. The number of carbonyl (C=O) groups excluding carboxylic acids is 4. The maximum absolute atomic E-state index is 13.8. The third-order valence-electron chi connectivity index (χ3n) is 5.68. The zero-order valence-corrected chi connectivity index (χ0v) is 23.5. The molecule has 0 bridgehead atoms. The summed E-state index contributed by atoms with van der Waals surface area (Å²) in [5, 5.41) is 14.9. The van der Waals surface area contributed by atoms with Gasteiger partial charge in [-0.25, -0.2) is 4.79 Å². The van der Waals surface area contributed by atoms with Crippen molar-refractivity contribution in [2.24, 2.45) is 0 Å². The van der Waals surface area contributed by atoms with Crippen LogP contribution in [0.15, 0.2) is 48.5 Å². The van der Waals surface area contributed by atoms with Gasteiger partial charge in [-0.3, -0.25) is 14.4 Å². The topological polar surface area (TPSA) is 134 Å². The predicted molar refractivity (Wildman–Crippen MR) is 149 cm³/mol. The van der Waals surface area contributed by atoms with E-state index in [-0.39, 0.29) is 31.7 Å². The summed E-state index contributed by atoms with van der Waals surface area (Å²) >= 11 is 0. The molecular weight excluding hydrogens is 514 g/mol. The van der Waals surface area contributed by atoms with Crippen molar-refractivity contribution in [1.29, 1.82) is 0 Å². The molecule has 0 saturated carbocycles. The van der Waals surface area contributed by atoms with E-state index >= 15 is 0 Å². The van der Waals surface area contributed by atoms with Crippen molar-refractivity contribution in [3.05, 3.63) is 65.2 Å². The number of esters is 1. The summed E-state index contributed by atoms with van der Waals surface area (Å²) in [5.41, 5.74) is 0.928. The molecule has 10 nitrogen and oxygen atoms in total. The number of terminal acetylenes is 1. The molecule has 0 aliphatic heterocycles. The Kier molecular flexibility index (Phi) is 11.6. The van der Waals surface area contributed by atoms with Gasteiger partial charge in [0, 0.05) is 25.6 Å². The van der Waals surface area contributed by atoms with Crippen LogP contribution in [0.5, 0.6) is 5.75 Å². The summed E-state index contributed by atoms with van der Waals surface area (Å²) in [6.45, 7) is 7.02. The summed E-state index contributed by atoms with van der Waals surface area (Å²) in [5.74, 6) is 1.01. The molecule has 0 aromatic heterocycles. The lowest BCUT2D eigenvalue weighted by Gasteiger charge is -2.31. The number of aromatic hydroxyl groups is 1. The minimum absolute atomic E-state index is 0.00569. The molecule has 2 unspecified atom stereocenters. The maximum atomic E-state index is 13.8. The fourth-order valence-corrected chi connectivity index (χ4v) is 3.82. The number of alkyl carbamates (subject to hydrolysis) is 1. The van der Waals surface area contributed by atoms with Crippen molar-refractivity contribution in [2.45, 2.75) is 58.2 Å². The van der Waals surface area contributed by atoms with Crippen LogP contribution < -0.4 is 10.6 Å². The van der Waals surface area contributed by atoms with Crippen molar-refractivity contribution in [3.63, 3.8) is 0 Å². The van der Waals surface area contributed by atoms with Crippen LogP contribution in [0.1, 0.15) is 56.8 Å². The van der Waals surface area contributed by atoms with Crippen LogP contribution in [-0.4, -0.2) is 65.7 Å². The molecule has 214 valence electrons. The minimum atomic E-state index is -1.11. The first-order valence-corrected chi connectivity index (χ1v) is 12.9. The van der Waals surface area contributed by atoms with Crippen LogP contribution in [-0.2, 0) is 30.3 Å². The number of ether oxygens (including phenoxy) is 2. The second kappa shape index (κ2) is 14.6. The molecule has 2 aromatic carbocycles. The Hall–Kier alpha value is -4.52. The van der Waals surface area contributed by atoms with Crippen molar-refractivity contribution >= 4 is 23.9 Å². The number of hydrogen-bond donors (Lipinski definition) is 3. The van der Waals surface area contributed by atoms with E-state index in [0.717, 1.165) is 0 Å². The SMILES string of the molecule is C#Cc1ccc(C(C(=O)NCCC(=O)OCC)N(C)C(=O)C(Cc2ccc(O)cc2)NC(=O)OC(C)(C)C)cc1. The molecule has 0 fully saturated rings. The van der Waals surface area contributed by atoms with E-state index in [1.54, 1.807) is 64.1 Å². The molecule has 2 atom stereocenters. The van der Waals surface area contributed by atoms with Crippen LogP contribution >= 0.6 is 0 Å². The fourth-order valence-electron chi connectivity index (χ4n) is 3.82. The normalized spacial score (nSPS) is 12.3. The highest BCUT2D eigenvalue weighted by atomic mass is 16.6. The highest BCUT2D eigenvalue weighted by Crippen LogP contribution is 2.23. The molecule has 2 aromatic rings. The van der Waals surface area contributed by atoms with Gasteiger partial charge in [0.1, 0.15) is 23.4 Å². The highest BCUT2D eigenvalue weighted by Gasteiger charge is 2.34. The van der Waals surface area contributed by atoms with Gasteiger partial charge >= 0.3 is 12.1 Å². The first-order valence-electron chi connectivity index (χ1n) is 12.9. The summed E-state index contributed by atoms with van der Waals surface area (Å²) in [7, 11) is 1.45. The third kappa shape index (κ3) is 9.98. The molecule has 2 rings (SSSR count). The Morgan fingerprint density at radius 3 is 2.23 bits per heavy atom. The van der Waals surface area contributed by atoms with E-state index in [1.165, 1.54) is 24.1 Å². The third-order valence-corrected chi connectivity index (χ3v) is 5.68. The van der Waals surface area contributed by atoms with E-state index < -0.39 is 41.6 Å². The number of rotatable bonds is 11. The number of nitrogens with zero attached hydrogens (tertiary/aromatic N) is 1. The van der Waals surface area contributed by atoms with Gasteiger partial charge in [0.05, 0.1) is 13.0 Å². The van der Waals surface area contributed by atoms with Gasteiger partial charge in [0.2, 0.25) is 11.8 Å². The second-order valence-corrected chi connectivity index (χ2v) is 10.0. The largest absolute Gasteiger partial charge is 0.508 e. The van der Waals surface area contributed by atoms with Crippen molar-refractivity contribution in [2.75, 3.05) is 20.2 Å². The number of phenolic OH excluding ortho intramolecular Hbond substituents is 1. The van der Waals surface area contributed by atoms with Crippen LogP contribution in [0.25, 0.3) is 0 Å². The summed E-state index contributed by atoms with van der Waals surface area (Å²) < 4.78 is 10.3. The Labute approximate surface area is 235 Å². The van der Waals surface area contributed by atoms with Crippen molar-refractivity contribution < 1.29 is 33.8 Å². The molecule has 3 N–H and O–H groups in total. The lowest BCUT2D eigenvalue weighted by atomic mass is 10.00. The minimum Gasteiger partial charge on any atom is -0.508 e. The summed E-state index contributed by atoms with van der Waals surface area (Å²) in [6, 6.07) is 10.6. The Balaban J connectivity index is 2.37. The van der Waals surface area contributed by atoms with Gasteiger partial charge in [-0.15, -0.1) is 6.42 Å². The van der Waals surface area contributed by atoms with E-state index in [1.807, 2.05) is 0 Å². The molecule has 40 heavy (non-hydrogen) atoms. The number of carbonyl (C=O) groups is 4. The van der Waals surface area contributed by atoms with Gasteiger partial charge in [-0.05, 0) is 63.1 Å². The molecule has 0 aliphatic carbocycles. The van der Waals surface area contributed by atoms with Crippen LogP contribution in [0.3, 0.4) is 0 Å². The first kappa shape index (κ1) is 31.7. The average Bonchev–Trinajstić information content (AvgIpc) is 2.88. The lowest BCUT2D eigenvalue weighted by molar-refractivity contribution is -0.143. The van der Waals surface area contributed by atoms with Crippen LogP contribution in [0, 0.1) is 12.3 Å². The van der Waals surface area contributed by atoms with Crippen LogP contribution in [0.2, 0.25) is 0 Å². The van der Waals surface area contributed by atoms with Gasteiger partial charge in [0.15, 0.2) is 0 Å². The van der Waals surface area contributed by atoms with Crippen LogP contribution in [0.4, 0.5) is 4.79 Å². The zero-order chi connectivity index (χ0) is 29.9. The second-order valence-electron chi connectivity index (χ2n) is 10.0. The predicted octanol–water partition coefficient (Wildman–Crippen LogP) is 3.08. The Morgan fingerprint density at radius 2 is 1.68 bits per heavy atom. The van der Waals surface area contributed by atoms with E-state index in [4.69, 9.17) is 15.9 Å². The molecule has 0 heterocycles. The Bertz CT molecular complexity index is 1210. The summed E-state index contributed by atoms with van der Waals surface area (Å²) in [4.78, 5) is 52.8. The fraction of sp³-hybridized carbons (Fsp3) is 0.400. The molecular formula is C30H37N3O7.